The maximum absolute atomic E-state index is 13.4. The Morgan fingerprint density at radius 1 is 1.03 bits per heavy atom. The third kappa shape index (κ3) is 5.42. The van der Waals surface area contributed by atoms with Crippen LogP contribution in [0.2, 0.25) is 5.02 Å². The third-order valence-electron chi connectivity index (χ3n) is 7.20. The lowest BCUT2D eigenvalue weighted by atomic mass is 9.78. The van der Waals surface area contributed by atoms with Crippen molar-refractivity contribution in [3.05, 3.63) is 58.6 Å². The second kappa shape index (κ2) is 10.3. The number of halogens is 1. The summed E-state index contributed by atoms with van der Waals surface area (Å²) in [5, 5.41) is 0.581. The van der Waals surface area contributed by atoms with E-state index in [9.17, 15) is 13.2 Å². The number of likely N-dealkylation sites (tertiary alicyclic amines) is 1. The summed E-state index contributed by atoms with van der Waals surface area (Å²) >= 11 is 6.17. The topological polar surface area (TPSA) is 66.9 Å². The van der Waals surface area contributed by atoms with E-state index in [4.69, 9.17) is 16.3 Å². The minimum absolute atomic E-state index is 0.0460. The second-order valence-corrected chi connectivity index (χ2v) is 11.9. The van der Waals surface area contributed by atoms with Crippen LogP contribution in [0, 0.1) is 19.3 Å². The van der Waals surface area contributed by atoms with Gasteiger partial charge < -0.3 is 9.64 Å². The normalized spacial score (nSPS) is 18.4. The van der Waals surface area contributed by atoms with Crippen LogP contribution < -0.4 is 4.74 Å². The van der Waals surface area contributed by atoms with E-state index in [1.54, 1.807) is 23.4 Å². The number of aryl methyl sites for hydroxylation is 2. The number of rotatable bonds is 7. The molecule has 2 heterocycles. The van der Waals surface area contributed by atoms with Gasteiger partial charge in [0.1, 0.15) is 5.75 Å². The fourth-order valence-corrected chi connectivity index (χ4v) is 7.06. The molecule has 6 nitrogen and oxygen atoms in total. The summed E-state index contributed by atoms with van der Waals surface area (Å²) in [5.41, 5.74) is 1.39. The molecule has 0 atom stereocenters. The molecule has 0 aromatic heterocycles. The van der Waals surface area contributed by atoms with Gasteiger partial charge in [0.05, 0.1) is 11.5 Å². The van der Waals surface area contributed by atoms with E-state index >= 15 is 0 Å². The van der Waals surface area contributed by atoms with Crippen LogP contribution in [-0.2, 0) is 14.8 Å². The zero-order chi connectivity index (χ0) is 24.3. The number of ether oxygens (including phenoxy) is 1. The number of para-hydroxylation sites is 1. The molecule has 2 aromatic carbocycles. The van der Waals surface area contributed by atoms with E-state index in [0.717, 1.165) is 30.6 Å². The lowest BCUT2D eigenvalue weighted by Gasteiger charge is -2.39. The maximum Gasteiger partial charge on any atom is 0.243 e. The van der Waals surface area contributed by atoms with Crippen LogP contribution in [0.3, 0.4) is 0 Å². The van der Waals surface area contributed by atoms with Gasteiger partial charge in [-0.15, -0.1) is 0 Å². The molecule has 184 valence electrons. The van der Waals surface area contributed by atoms with Gasteiger partial charge in [0.25, 0.3) is 0 Å². The van der Waals surface area contributed by atoms with Gasteiger partial charge >= 0.3 is 0 Å². The number of benzene rings is 2. The van der Waals surface area contributed by atoms with Crippen molar-refractivity contribution >= 4 is 27.5 Å². The average Bonchev–Trinajstić information content (AvgIpc) is 3.24. The Morgan fingerprint density at radius 3 is 2.41 bits per heavy atom. The van der Waals surface area contributed by atoms with E-state index in [0.29, 0.717) is 61.1 Å². The summed E-state index contributed by atoms with van der Waals surface area (Å²) in [6, 6.07) is 13.0. The molecule has 0 saturated carbocycles. The highest BCUT2D eigenvalue weighted by Crippen LogP contribution is 2.42. The summed E-state index contributed by atoms with van der Waals surface area (Å²) in [6.07, 6.45) is 3.66. The van der Waals surface area contributed by atoms with Crippen LogP contribution in [0.1, 0.15) is 43.2 Å². The number of hydrogen-bond acceptors (Lipinski definition) is 4. The van der Waals surface area contributed by atoms with Gasteiger partial charge in [-0.2, -0.15) is 4.31 Å². The number of amides is 1. The van der Waals surface area contributed by atoms with E-state index in [1.165, 1.54) is 0 Å². The molecule has 1 spiro atoms. The summed E-state index contributed by atoms with van der Waals surface area (Å²) < 4.78 is 34.1. The van der Waals surface area contributed by atoms with Crippen LogP contribution in [0.5, 0.6) is 5.75 Å². The number of hydrogen-bond donors (Lipinski definition) is 0. The molecule has 2 saturated heterocycles. The smallest absolute Gasteiger partial charge is 0.243 e. The molecule has 0 aliphatic carbocycles. The van der Waals surface area contributed by atoms with Crippen LogP contribution in [-0.4, -0.2) is 56.3 Å². The SMILES string of the molecule is Cc1cc(S(=O)(=O)N2CCC3(CCN(C(=O)CCCOc4ccccc4)CC3)C2)c(C)cc1Cl. The van der Waals surface area contributed by atoms with Crippen LogP contribution in [0.4, 0.5) is 0 Å². The first kappa shape index (κ1) is 25.0. The fraction of sp³-hybridized carbons (Fsp3) is 0.500. The Morgan fingerprint density at radius 2 is 1.71 bits per heavy atom. The van der Waals surface area contributed by atoms with E-state index < -0.39 is 10.0 Å². The highest BCUT2D eigenvalue weighted by Gasteiger charge is 2.45. The zero-order valence-electron chi connectivity index (χ0n) is 19.9. The van der Waals surface area contributed by atoms with Crippen molar-refractivity contribution in [1.82, 2.24) is 9.21 Å². The predicted molar refractivity (Wildman–Crippen MR) is 134 cm³/mol. The molecule has 2 fully saturated rings. The minimum Gasteiger partial charge on any atom is -0.494 e. The van der Waals surface area contributed by atoms with Crippen LogP contribution in [0.15, 0.2) is 47.4 Å². The van der Waals surface area contributed by atoms with Gasteiger partial charge in [-0.05, 0) is 80.3 Å². The van der Waals surface area contributed by atoms with Gasteiger partial charge in [-0.25, -0.2) is 8.42 Å². The first-order chi connectivity index (χ1) is 16.2. The highest BCUT2D eigenvalue weighted by molar-refractivity contribution is 7.89. The van der Waals surface area contributed by atoms with Gasteiger partial charge in [0.2, 0.25) is 15.9 Å². The first-order valence-corrected chi connectivity index (χ1v) is 13.7. The quantitative estimate of drug-likeness (QED) is 0.507. The summed E-state index contributed by atoms with van der Waals surface area (Å²) in [7, 11) is -3.57. The Labute approximate surface area is 207 Å². The van der Waals surface area contributed by atoms with Crippen LogP contribution in [0.25, 0.3) is 0 Å². The first-order valence-electron chi connectivity index (χ1n) is 11.9. The predicted octanol–water partition coefficient (Wildman–Crippen LogP) is 4.82. The Hall–Kier alpha value is -2.09. The number of carbonyl (C=O) groups excluding carboxylic acids is 1. The Balaban J connectivity index is 1.28. The molecule has 0 N–H and O–H groups in total. The van der Waals surface area contributed by atoms with Gasteiger partial charge in [-0.3, -0.25) is 4.79 Å². The minimum atomic E-state index is -3.57. The van der Waals surface area contributed by atoms with Gasteiger partial charge in [0, 0.05) is 37.6 Å². The average molecular weight is 505 g/mol. The Bertz CT molecular complexity index is 1130. The number of sulfonamides is 1. The van der Waals surface area contributed by atoms with Crippen molar-refractivity contribution < 1.29 is 17.9 Å². The molecule has 4 rings (SSSR count). The number of piperidine rings is 1. The molecule has 34 heavy (non-hydrogen) atoms. The molecule has 0 unspecified atom stereocenters. The molecule has 2 aliphatic rings. The molecule has 2 aromatic rings. The van der Waals surface area contributed by atoms with E-state index in [1.807, 2.05) is 42.2 Å². The van der Waals surface area contributed by atoms with Crippen molar-refractivity contribution in [3.63, 3.8) is 0 Å². The van der Waals surface area contributed by atoms with Crippen molar-refractivity contribution in [2.24, 2.45) is 5.41 Å². The van der Waals surface area contributed by atoms with Crippen molar-refractivity contribution in [2.75, 3.05) is 32.8 Å². The molecule has 2 aliphatic heterocycles. The molecule has 0 radical (unpaired) electrons. The number of carbonyl (C=O) groups is 1. The lowest BCUT2D eigenvalue weighted by molar-refractivity contribution is -0.133. The Kier molecular flexibility index (Phi) is 7.55. The third-order valence-corrected chi connectivity index (χ3v) is 9.60. The standard InChI is InChI=1S/C26H33ClN2O4S/c1-20-18-24(21(2)17-23(20)27)34(31,32)29-15-12-26(19-29)10-13-28(14-11-26)25(30)9-6-16-33-22-7-4-3-5-8-22/h3-5,7-8,17-18H,6,9-16,19H2,1-2H3. The molecular formula is C26H33ClN2O4S. The second-order valence-electron chi connectivity index (χ2n) is 9.60. The van der Waals surface area contributed by atoms with Gasteiger partial charge in [-0.1, -0.05) is 29.8 Å². The van der Waals surface area contributed by atoms with E-state index in [2.05, 4.69) is 0 Å². The number of nitrogens with zero attached hydrogens (tertiary/aromatic N) is 2. The highest BCUT2D eigenvalue weighted by atomic mass is 35.5. The summed E-state index contributed by atoms with van der Waals surface area (Å²) in [5.74, 6) is 0.973. The largest absolute Gasteiger partial charge is 0.494 e. The monoisotopic (exact) mass is 504 g/mol. The fourth-order valence-electron chi connectivity index (χ4n) is 5.00. The van der Waals surface area contributed by atoms with Crippen molar-refractivity contribution in [3.8, 4) is 5.75 Å². The van der Waals surface area contributed by atoms with Crippen molar-refractivity contribution in [2.45, 2.75) is 50.8 Å². The molecule has 0 bridgehead atoms. The van der Waals surface area contributed by atoms with Crippen LogP contribution >= 0.6 is 11.6 Å². The zero-order valence-corrected chi connectivity index (χ0v) is 21.5. The van der Waals surface area contributed by atoms with Gasteiger partial charge in [0.15, 0.2) is 0 Å². The summed E-state index contributed by atoms with van der Waals surface area (Å²) in [6.45, 7) is 6.55. The molecule has 1 amide bonds. The lowest BCUT2D eigenvalue weighted by Crippen LogP contribution is -2.44. The van der Waals surface area contributed by atoms with Crippen molar-refractivity contribution in [1.29, 1.82) is 0 Å². The molecule has 8 heteroatoms. The molecular weight excluding hydrogens is 472 g/mol. The van der Waals surface area contributed by atoms with E-state index in [-0.39, 0.29) is 11.3 Å². The summed E-state index contributed by atoms with van der Waals surface area (Å²) in [4.78, 5) is 14.9. The maximum atomic E-state index is 13.4.